The van der Waals surface area contributed by atoms with Crippen molar-refractivity contribution in [2.24, 2.45) is 0 Å². The smallest absolute Gasteiger partial charge is 0.306 e. The van der Waals surface area contributed by atoms with Gasteiger partial charge >= 0.3 is 10.1 Å². The Morgan fingerprint density at radius 3 is 1.72 bits per heavy atom. The van der Waals surface area contributed by atoms with Crippen molar-refractivity contribution in [1.82, 2.24) is 0 Å². The molecule has 0 fully saturated rings. The molecule has 0 heterocycles. The maximum absolute atomic E-state index is 12.8. The minimum Gasteiger partial charge on any atom is -0.395 e. The lowest BCUT2D eigenvalue weighted by atomic mass is 10.2. The molecule has 0 bridgehead atoms. The Bertz CT molecular complexity index is 1010. The van der Waals surface area contributed by atoms with Crippen LogP contribution >= 0.6 is 10.3 Å². The molecule has 0 amide bonds. The molecule has 0 aliphatic heterocycles. The highest BCUT2D eigenvalue weighted by Gasteiger charge is 2.32. The van der Waals surface area contributed by atoms with Crippen molar-refractivity contribution < 1.29 is 30.7 Å². The quantitative estimate of drug-likeness (QED) is 0.554. The van der Waals surface area contributed by atoms with Crippen molar-refractivity contribution >= 4 is 30.3 Å². The summed E-state index contributed by atoms with van der Waals surface area (Å²) in [4.78, 5) is 0.155. The van der Waals surface area contributed by atoms with Crippen molar-refractivity contribution in [2.75, 3.05) is 31.0 Å². The third-order valence-electron chi connectivity index (χ3n) is 4.25. The van der Waals surface area contributed by atoms with E-state index >= 15 is 0 Å². The molecule has 0 atom stereocenters. The summed E-state index contributed by atoms with van der Waals surface area (Å²) in [6.45, 7) is 1.23. The van der Waals surface area contributed by atoms with Crippen LogP contribution in [0, 0.1) is 6.92 Å². The van der Waals surface area contributed by atoms with Gasteiger partial charge in [0.15, 0.2) is 9.84 Å². The number of aliphatic hydroxyl groups excluding tert-OH is 2. The van der Waals surface area contributed by atoms with Gasteiger partial charge in [-0.25, -0.2) is 12.0 Å². The van der Waals surface area contributed by atoms with Gasteiger partial charge in [0.25, 0.3) is 0 Å². The molecule has 10 heteroatoms. The Labute approximate surface area is 173 Å². The Kier molecular flexibility index (Phi) is 7.88. The molecule has 0 spiro atoms. The van der Waals surface area contributed by atoms with Crippen molar-refractivity contribution in [3.05, 3.63) is 59.7 Å². The average molecular weight is 463 g/mol. The van der Waals surface area contributed by atoms with E-state index in [0.717, 1.165) is 11.8 Å². The molecular formula is C19H26O7S3. The summed E-state index contributed by atoms with van der Waals surface area (Å²) in [5.74, 6) is 0.280. The average Bonchev–Trinajstić information content (AvgIpc) is 2.62. The van der Waals surface area contributed by atoms with Gasteiger partial charge in [-0.15, -0.1) is 10.3 Å². The third kappa shape index (κ3) is 6.53. The third-order valence-corrected chi connectivity index (χ3v) is 10.8. The molecule has 0 saturated heterocycles. The molecule has 162 valence electrons. The van der Waals surface area contributed by atoms with Crippen LogP contribution in [-0.4, -0.2) is 58.0 Å². The highest BCUT2D eigenvalue weighted by Crippen LogP contribution is 2.53. The fourth-order valence-corrected chi connectivity index (χ4v) is 8.37. The van der Waals surface area contributed by atoms with Crippen LogP contribution < -0.4 is 0 Å². The Morgan fingerprint density at radius 2 is 1.28 bits per heavy atom. The van der Waals surface area contributed by atoms with Crippen LogP contribution in [0.25, 0.3) is 0 Å². The molecule has 29 heavy (non-hydrogen) atoms. The summed E-state index contributed by atoms with van der Waals surface area (Å²) in [5.41, 5.74) is 1.56. The fourth-order valence-electron chi connectivity index (χ4n) is 2.74. The van der Waals surface area contributed by atoms with E-state index in [4.69, 9.17) is 3.63 Å². The van der Waals surface area contributed by atoms with Crippen LogP contribution in [0.15, 0.2) is 58.3 Å². The predicted molar refractivity (Wildman–Crippen MR) is 114 cm³/mol. The second kappa shape index (κ2) is 9.59. The maximum atomic E-state index is 12.8. The zero-order valence-corrected chi connectivity index (χ0v) is 18.8. The second-order valence-electron chi connectivity index (χ2n) is 6.72. The van der Waals surface area contributed by atoms with E-state index < -0.39 is 30.3 Å². The summed E-state index contributed by atoms with van der Waals surface area (Å²) in [6.07, 6.45) is 1.10. The van der Waals surface area contributed by atoms with E-state index in [-0.39, 0.29) is 40.3 Å². The first kappa shape index (κ1) is 23.8. The SMILES string of the molecule is Cc1ccc(S(=O)(=O)OS(CCO)(CCO)Cc2ccc(S(C)(=O)=O)cc2)cc1. The first-order valence-electron chi connectivity index (χ1n) is 8.81. The first-order valence-corrected chi connectivity index (χ1v) is 14.2. The number of aryl methyl sites for hydroxylation is 1. The van der Waals surface area contributed by atoms with Crippen LogP contribution in [0.5, 0.6) is 0 Å². The summed E-state index contributed by atoms with van der Waals surface area (Å²) >= 11 is 0. The molecule has 0 unspecified atom stereocenters. The Morgan fingerprint density at radius 1 is 0.793 bits per heavy atom. The molecule has 0 aliphatic carbocycles. The lowest BCUT2D eigenvalue weighted by Gasteiger charge is -2.37. The second-order valence-corrected chi connectivity index (χ2v) is 13.7. The summed E-state index contributed by atoms with van der Waals surface area (Å²) in [5, 5.41) is 19.1. The molecule has 2 aromatic carbocycles. The number of sulfone groups is 1. The van der Waals surface area contributed by atoms with E-state index in [0.29, 0.717) is 5.56 Å². The fraction of sp³-hybridized carbons (Fsp3) is 0.368. The lowest BCUT2D eigenvalue weighted by Crippen LogP contribution is -2.23. The highest BCUT2D eigenvalue weighted by molar-refractivity contribution is 8.32. The van der Waals surface area contributed by atoms with E-state index in [2.05, 4.69) is 0 Å². The van der Waals surface area contributed by atoms with Crippen molar-refractivity contribution in [2.45, 2.75) is 22.5 Å². The molecule has 0 aromatic heterocycles. The normalized spacial score (nSPS) is 13.4. The Balaban J connectivity index is 2.38. The molecule has 2 aromatic rings. The van der Waals surface area contributed by atoms with E-state index in [9.17, 15) is 27.0 Å². The van der Waals surface area contributed by atoms with Gasteiger partial charge in [0, 0.05) is 23.5 Å². The molecule has 7 nitrogen and oxygen atoms in total. The molecule has 2 rings (SSSR count). The number of aliphatic hydroxyl groups is 2. The van der Waals surface area contributed by atoms with Crippen LogP contribution in [0.2, 0.25) is 0 Å². The zero-order valence-electron chi connectivity index (χ0n) is 16.3. The first-order chi connectivity index (χ1) is 13.5. The molecular weight excluding hydrogens is 436 g/mol. The van der Waals surface area contributed by atoms with E-state index in [1.165, 1.54) is 24.3 Å². The Hall–Kier alpha value is -1.43. The largest absolute Gasteiger partial charge is 0.395 e. The van der Waals surface area contributed by atoms with Crippen LogP contribution in [0.1, 0.15) is 11.1 Å². The van der Waals surface area contributed by atoms with Crippen molar-refractivity contribution in [3.63, 3.8) is 0 Å². The number of hydrogen-bond donors (Lipinski definition) is 2. The van der Waals surface area contributed by atoms with Crippen LogP contribution in [-0.2, 0) is 29.3 Å². The molecule has 0 saturated carbocycles. The number of benzene rings is 2. The van der Waals surface area contributed by atoms with E-state index in [1.807, 2.05) is 6.92 Å². The van der Waals surface area contributed by atoms with Gasteiger partial charge in [-0.2, -0.15) is 8.42 Å². The van der Waals surface area contributed by atoms with Crippen molar-refractivity contribution in [3.8, 4) is 0 Å². The van der Waals surface area contributed by atoms with E-state index in [1.54, 1.807) is 24.3 Å². The van der Waals surface area contributed by atoms with Gasteiger partial charge in [0.1, 0.15) is 0 Å². The number of rotatable bonds is 10. The van der Waals surface area contributed by atoms with Crippen LogP contribution in [0.4, 0.5) is 0 Å². The van der Waals surface area contributed by atoms with Crippen molar-refractivity contribution in [1.29, 1.82) is 0 Å². The lowest BCUT2D eigenvalue weighted by molar-refractivity contribution is 0.312. The van der Waals surface area contributed by atoms with Crippen LogP contribution in [0.3, 0.4) is 0 Å². The number of hydrogen-bond acceptors (Lipinski definition) is 7. The van der Waals surface area contributed by atoms with Gasteiger partial charge in [-0.3, -0.25) is 0 Å². The standard InChI is InChI=1S/C19H26O7S3/c1-16-3-7-19(8-4-16)29(24,25)26-28(13-11-20,14-12-21)15-17-5-9-18(10-6-17)27(2,22)23/h3-10,20-21H,11-15H2,1-2H3. The zero-order chi connectivity index (χ0) is 21.7. The summed E-state index contributed by atoms with van der Waals surface area (Å²) in [7, 11) is -9.92. The summed E-state index contributed by atoms with van der Waals surface area (Å²) < 4.78 is 54.6. The minimum atomic E-state index is -4.11. The molecule has 0 aliphatic rings. The molecule has 2 N–H and O–H groups in total. The van der Waals surface area contributed by atoms with Gasteiger partial charge in [-0.1, -0.05) is 29.8 Å². The monoisotopic (exact) mass is 462 g/mol. The highest BCUT2D eigenvalue weighted by atomic mass is 32.3. The predicted octanol–water partition coefficient (Wildman–Crippen LogP) is 2.01. The maximum Gasteiger partial charge on any atom is 0.306 e. The topological polar surface area (TPSA) is 118 Å². The van der Waals surface area contributed by atoms with Gasteiger partial charge in [0.05, 0.1) is 23.0 Å². The van der Waals surface area contributed by atoms with Gasteiger partial charge < -0.3 is 10.2 Å². The van der Waals surface area contributed by atoms with Gasteiger partial charge in [0.2, 0.25) is 0 Å². The molecule has 0 radical (unpaired) electrons. The minimum absolute atomic E-state index is 0.00304. The summed E-state index contributed by atoms with van der Waals surface area (Å²) in [6, 6.07) is 12.3. The van der Waals surface area contributed by atoms with Gasteiger partial charge in [-0.05, 0) is 36.8 Å².